The van der Waals surface area contributed by atoms with Crippen LogP contribution in [0.15, 0.2) is 122 Å². The fourth-order valence-corrected chi connectivity index (χ4v) is 22.6. The van der Waals surface area contributed by atoms with E-state index >= 15 is 0 Å². The molecule has 0 spiro atoms. The number of nitrogens with two attached hydrogens (primary N) is 1. The lowest BCUT2D eigenvalue weighted by molar-refractivity contribution is -0.118. The number of amides is 3. The number of benzene rings is 4. The third kappa shape index (κ3) is 22.7. The lowest BCUT2D eigenvalue weighted by Crippen LogP contribution is -2.47. The fourth-order valence-electron chi connectivity index (χ4n) is 11.8. The highest BCUT2D eigenvalue weighted by molar-refractivity contribution is 6.78. The summed E-state index contributed by atoms with van der Waals surface area (Å²) in [6, 6.07) is 31.4. The number of hydrogen-bond donors (Lipinski definition) is 4. The van der Waals surface area contributed by atoms with Crippen molar-refractivity contribution in [1.82, 2.24) is 15.3 Å². The smallest absolute Gasteiger partial charge is 0.444 e. The molecular formula is C71H104N6O11Si2. The first kappa shape index (κ1) is 75.4. The van der Waals surface area contributed by atoms with Gasteiger partial charge in [0.25, 0.3) is 0 Å². The molecule has 90 heavy (non-hydrogen) atoms. The van der Waals surface area contributed by atoms with Crippen molar-refractivity contribution >= 4 is 79.8 Å². The average molecular weight is 1270 g/mol. The third-order valence-corrected chi connectivity index (χ3v) is 27.8. The van der Waals surface area contributed by atoms with E-state index in [1.54, 1.807) is 60.1 Å². The first-order chi connectivity index (χ1) is 41.9. The third-order valence-electron chi connectivity index (χ3n) is 15.6. The Morgan fingerprint density at radius 2 is 0.800 bits per heavy atom. The van der Waals surface area contributed by atoms with Gasteiger partial charge in [0.1, 0.15) is 16.8 Å². The molecular weight excluding hydrogens is 1170 g/mol. The Morgan fingerprint density at radius 3 is 1.13 bits per heavy atom. The molecule has 2 atom stereocenters. The van der Waals surface area contributed by atoms with Crippen LogP contribution in [0.3, 0.4) is 0 Å². The van der Waals surface area contributed by atoms with Gasteiger partial charge in [0.2, 0.25) is 28.4 Å². The number of nitrogens with zero attached hydrogens (tertiary/aromatic N) is 2. The minimum absolute atomic E-state index is 0.0954. The summed E-state index contributed by atoms with van der Waals surface area (Å²) in [7, 11) is -3.92. The van der Waals surface area contributed by atoms with Crippen molar-refractivity contribution in [2.45, 2.75) is 220 Å². The van der Waals surface area contributed by atoms with E-state index < -0.39 is 63.7 Å². The molecule has 3 amide bonds. The molecule has 4 aromatic carbocycles. The number of anilines is 2. The Kier molecular flexibility index (Phi) is 27.9. The number of hydrogen-bond acceptors (Lipinski definition) is 14. The van der Waals surface area contributed by atoms with Gasteiger partial charge in [0.05, 0.1) is 25.0 Å². The molecule has 0 saturated heterocycles. The Morgan fingerprint density at radius 1 is 0.456 bits per heavy atom. The zero-order valence-electron chi connectivity index (χ0n) is 57.5. The van der Waals surface area contributed by atoms with Crippen LogP contribution in [0.1, 0.15) is 179 Å². The van der Waals surface area contributed by atoms with Crippen LogP contribution in [0.2, 0.25) is 33.2 Å². The van der Waals surface area contributed by atoms with E-state index in [9.17, 15) is 24.0 Å². The van der Waals surface area contributed by atoms with Gasteiger partial charge in [-0.05, 0) is 165 Å². The maximum Gasteiger partial charge on any atom is 0.519 e. The van der Waals surface area contributed by atoms with E-state index in [0.29, 0.717) is 52.1 Å². The normalized spacial score (nSPS) is 12.9. The molecule has 5 N–H and O–H groups in total. The van der Waals surface area contributed by atoms with Crippen molar-refractivity contribution in [3.8, 4) is 0 Å². The molecule has 0 fully saturated rings. The highest BCUT2D eigenvalue weighted by Crippen LogP contribution is 2.44. The Bertz CT molecular complexity index is 3210. The summed E-state index contributed by atoms with van der Waals surface area (Å²) < 4.78 is 32.7. The minimum atomic E-state index is -2.00. The largest absolute Gasteiger partial charge is 0.519 e. The van der Waals surface area contributed by atoms with Gasteiger partial charge in [-0.3, -0.25) is 19.6 Å². The van der Waals surface area contributed by atoms with E-state index in [4.69, 9.17) is 28.8 Å². The van der Waals surface area contributed by atoms with Crippen molar-refractivity contribution in [3.63, 3.8) is 0 Å². The lowest BCUT2D eigenvalue weighted by atomic mass is 9.96. The minimum Gasteiger partial charge on any atom is -0.444 e. The SMILES string of the molecule is CC(C)(C)OC(=O)OC(=O)OC(C)(C)C.CC(C)[Si](OCc1ccc(C(CN)C(=O)Nc2ccc3cnccc3c2)cc1)(C(C)C)C(C)C.CC(C)[Si](OCc1ccc(C(CNC(=O)OC(C)(C)C)C(=O)Nc2ccc3cnccc3c2)cc1)(C(C)C)C(C)C. The van der Waals surface area contributed by atoms with Gasteiger partial charge in [-0.25, -0.2) is 14.4 Å². The molecule has 2 unspecified atom stereocenters. The summed E-state index contributed by atoms with van der Waals surface area (Å²) in [4.78, 5) is 69.3. The summed E-state index contributed by atoms with van der Waals surface area (Å²) in [5, 5.41) is 12.9. The van der Waals surface area contributed by atoms with Crippen LogP contribution in [-0.4, -0.2) is 86.7 Å². The zero-order chi connectivity index (χ0) is 67.5. The van der Waals surface area contributed by atoms with Crippen molar-refractivity contribution < 1.29 is 51.8 Å². The van der Waals surface area contributed by atoms with E-state index in [1.165, 1.54) is 0 Å². The molecule has 0 aliphatic rings. The monoisotopic (exact) mass is 1270 g/mol. The van der Waals surface area contributed by atoms with Crippen molar-refractivity contribution in [2.75, 3.05) is 23.7 Å². The van der Waals surface area contributed by atoms with Gasteiger partial charge in [-0.1, -0.05) is 144 Å². The summed E-state index contributed by atoms with van der Waals surface area (Å²) >= 11 is 0. The molecule has 0 aliphatic carbocycles. The van der Waals surface area contributed by atoms with Gasteiger partial charge in [0, 0.05) is 60.0 Å². The number of fused-ring (bicyclic) bond motifs is 2. The Balaban J connectivity index is 0.000000318. The second-order valence-corrected chi connectivity index (χ2v) is 38.7. The maximum absolute atomic E-state index is 13.6. The van der Waals surface area contributed by atoms with Crippen LogP contribution in [0.25, 0.3) is 21.5 Å². The van der Waals surface area contributed by atoms with Crippen molar-refractivity contribution in [3.05, 3.63) is 144 Å². The number of rotatable bonds is 21. The predicted octanol–water partition coefficient (Wildman–Crippen LogP) is 17.7. The standard InChI is InChI=1S/C33H47N3O4Si.C28H39N3O2Si.C10H18O5/c1-22(2)41(23(3)4,24(5)6)39-21-25-10-12-26(13-11-25)30(20-35-32(38)40-33(7,8)9)31(37)36-29-15-14-28-19-34-17-16-27(28)18-29;1-19(2)34(20(3)4,21(5)6)33-18-22-7-9-23(10-8-22)27(16-29)28(32)31-26-12-11-25-17-30-14-13-24(25)15-26;1-9(2,3)14-7(11)13-8(12)15-10(4,5)6/h10-19,22-24,30H,20-21H2,1-9H3,(H,35,38)(H,36,37);7-15,17,19-21,27H,16,18,29H2,1-6H3,(H,31,32);1-6H3. The molecule has 492 valence electrons. The predicted molar refractivity (Wildman–Crippen MR) is 368 cm³/mol. The molecule has 0 aliphatic heterocycles. The fraction of sp³-hybridized carbons (Fsp3) is 0.507. The summed E-state index contributed by atoms with van der Waals surface area (Å²) in [5.41, 5.74) is 12.5. The zero-order valence-corrected chi connectivity index (χ0v) is 59.5. The number of carbonyl (C=O) groups excluding carboxylic acids is 5. The summed E-state index contributed by atoms with van der Waals surface area (Å²) in [5.74, 6) is -1.37. The van der Waals surface area contributed by atoms with E-state index in [1.807, 2.05) is 112 Å². The molecule has 2 aromatic heterocycles. The maximum atomic E-state index is 13.6. The number of pyridine rings is 2. The van der Waals surface area contributed by atoms with Crippen LogP contribution in [0, 0.1) is 0 Å². The Hall–Kier alpha value is -7.04. The quantitative estimate of drug-likeness (QED) is 0.0227. The van der Waals surface area contributed by atoms with Gasteiger partial charge in [-0.15, -0.1) is 0 Å². The molecule has 0 saturated carbocycles. The number of carbonyl (C=O) groups is 5. The highest BCUT2D eigenvalue weighted by atomic mass is 28.4. The van der Waals surface area contributed by atoms with Crippen LogP contribution in [-0.2, 0) is 50.6 Å². The molecule has 0 radical (unpaired) electrons. The van der Waals surface area contributed by atoms with Crippen LogP contribution in [0.4, 0.5) is 25.8 Å². The topological polar surface area (TPSA) is 229 Å². The second kappa shape index (κ2) is 33.3. The number of ether oxygens (including phenoxy) is 4. The van der Waals surface area contributed by atoms with Gasteiger partial charge < -0.3 is 49.5 Å². The number of alkyl carbamates (subject to hydrolysis) is 1. The molecule has 6 rings (SSSR count). The first-order valence-electron chi connectivity index (χ1n) is 31.5. The van der Waals surface area contributed by atoms with Gasteiger partial charge in [0.15, 0.2) is 0 Å². The van der Waals surface area contributed by atoms with E-state index in [0.717, 1.165) is 49.5 Å². The molecule has 19 heteroatoms. The van der Waals surface area contributed by atoms with E-state index in [2.05, 4.69) is 126 Å². The summed E-state index contributed by atoms with van der Waals surface area (Å²) in [6.45, 7) is 44.4. The van der Waals surface area contributed by atoms with Gasteiger partial charge >= 0.3 is 18.4 Å². The first-order valence-corrected chi connectivity index (χ1v) is 35.7. The van der Waals surface area contributed by atoms with Crippen LogP contribution in [0.5, 0.6) is 0 Å². The van der Waals surface area contributed by atoms with Gasteiger partial charge in [-0.2, -0.15) is 0 Å². The Labute approximate surface area is 538 Å². The second-order valence-electron chi connectivity index (χ2n) is 27.8. The number of nitrogens with one attached hydrogen (secondary N) is 3. The van der Waals surface area contributed by atoms with Crippen LogP contribution >= 0.6 is 0 Å². The number of aromatic nitrogens is 2. The van der Waals surface area contributed by atoms with Crippen molar-refractivity contribution in [1.29, 1.82) is 0 Å². The molecule has 6 aromatic rings. The van der Waals surface area contributed by atoms with Crippen LogP contribution < -0.4 is 21.7 Å². The molecule has 17 nitrogen and oxygen atoms in total. The summed E-state index contributed by atoms with van der Waals surface area (Å²) in [6.07, 6.45) is 4.39. The highest BCUT2D eigenvalue weighted by Gasteiger charge is 2.46. The lowest BCUT2D eigenvalue weighted by Gasteiger charge is -2.42. The van der Waals surface area contributed by atoms with Crippen molar-refractivity contribution in [2.24, 2.45) is 5.73 Å². The van der Waals surface area contributed by atoms with E-state index in [-0.39, 0.29) is 24.9 Å². The molecule has 0 bridgehead atoms. The molecule has 2 heterocycles. The average Bonchev–Trinajstić information content (AvgIpc) is 1.03.